The van der Waals surface area contributed by atoms with Crippen molar-refractivity contribution in [2.75, 3.05) is 23.3 Å². The number of aromatic nitrogens is 2. The average molecular weight is 332 g/mol. The highest BCUT2D eigenvalue weighted by molar-refractivity contribution is 6.03. The molecule has 126 valence electrons. The first kappa shape index (κ1) is 16.3. The van der Waals surface area contributed by atoms with E-state index in [9.17, 15) is 13.6 Å². The highest BCUT2D eigenvalue weighted by Crippen LogP contribution is 2.20. The molecule has 1 amide bonds. The Morgan fingerprint density at radius 2 is 1.71 bits per heavy atom. The second-order valence-electron chi connectivity index (χ2n) is 5.71. The minimum absolute atomic E-state index is 0.0758. The zero-order chi connectivity index (χ0) is 16.9. The first-order chi connectivity index (χ1) is 11.6. The Bertz CT molecular complexity index is 710. The minimum Gasteiger partial charge on any atom is -0.357 e. The van der Waals surface area contributed by atoms with E-state index in [0.717, 1.165) is 38.1 Å². The van der Waals surface area contributed by atoms with Crippen LogP contribution in [0, 0.1) is 11.6 Å². The van der Waals surface area contributed by atoms with Crippen LogP contribution in [0.1, 0.15) is 36.2 Å². The van der Waals surface area contributed by atoms with Gasteiger partial charge in [-0.15, -0.1) is 0 Å². The maximum absolute atomic E-state index is 13.6. The number of hydrogen-bond donors (Lipinski definition) is 1. The Balaban J connectivity index is 1.79. The molecule has 0 bridgehead atoms. The quantitative estimate of drug-likeness (QED) is 0.936. The Labute approximate surface area is 138 Å². The van der Waals surface area contributed by atoms with Crippen LogP contribution in [-0.4, -0.2) is 29.0 Å². The van der Waals surface area contributed by atoms with Gasteiger partial charge in [-0.1, -0.05) is 18.9 Å². The molecule has 1 aromatic heterocycles. The van der Waals surface area contributed by atoms with Crippen LogP contribution in [0.15, 0.2) is 30.6 Å². The average Bonchev–Trinajstić information content (AvgIpc) is 2.87. The highest BCUT2D eigenvalue weighted by atomic mass is 19.1. The van der Waals surface area contributed by atoms with Crippen LogP contribution in [0.3, 0.4) is 0 Å². The van der Waals surface area contributed by atoms with E-state index in [2.05, 4.69) is 20.2 Å². The molecule has 24 heavy (non-hydrogen) atoms. The number of benzene rings is 1. The second-order valence-corrected chi connectivity index (χ2v) is 5.71. The number of halogens is 2. The number of carbonyl (C=O) groups is 1. The Hall–Kier alpha value is -2.57. The van der Waals surface area contributed by atoms with Crippen molar-refractivity contribution < 1.29 is 13.6 Å². The largest absolute Gasteiger partial charge is 0.357 e. The van der Waals surface area contributed by atoms with E-state index in [1.807, 2.05) is 0 Å². The molecule has 1 aliphatic heterocycles. The number of carbonyl (C=O) groups excluding carboxylic acids is 1. The zero-order valence-electron chi connectivity index (χ0n) is 13.1. The number of rotatable bonds is 3. The summed E-state index contributed by atoms with van der Waals surface area (Å²) in [5.74, 6) is -1.67. The van der Waals surface area contributed by atoms with Crippen molar-refractivity contribution >= 4 is 17.4 Å². The summed E-state index contributed by atoms with van der Waals surface area (Å²) in [6.07, 6.45) is 5.81. The molecular formula is C17H18F2N4O. The lowest BCUT2D eigenvalue weighted by atomic mass is 10.2. The van der Waals surface area contributed by atoms with Gasteiger partial charge in [0.15, 0.2) is 0 Å². The van der Waals surface area contributed by atoms with Crippen molar-refractivity contribution in [3.05, 3.63) is 47.9 Å². The fraction of sp³-hybridized carbons (Fsp3) is 0.353. The van der Waals surface area contributed by atoms with Crippen LogP contribution in [0.2, 0.25) is 0 Å². The van der Waals surface area contributed by atoms with E-state index in [4.69, 9.17) is 0 Å². The molecule has 5 nitrogen and oxygen atoms in total. The molecule has 0 saturated carbocycles. The SMILES string of the molecule is O=C(Nc1c(F)cccc1F)c1cc(N2CCCCCC2)ncn1. The zero-order valence-corrected chi connectivity index (χ0v) is 13.1. The molecule has 7 heteroatoms. The van der Waals surface area contributed by atoms with Gasteiger partial charge in [0.1, 0.15) is 35.2 Å². The minimum atomic E-state index is -0.829. The van der Waals surface area contributed by atoms with Crippen LogP contribution in [0.25, 0.3) is 0 Å². The summed E-state index contributed by atoms with van der Waals surface area (Å²) in [6, 6.07) is 4.96. The third-order valence-corrected chi connectivity index (χ3v) is 4.02. The van der Waals surface area contributed by atoms with Gasteiger partial charge in [-0.05, 0) is 25.0 Å². The molecule has 1 aliphatic rings. The normalized spacial score (nSPS) is 15.0. The molecule has 1 N–H and O–H groups in total. The third-order valence-electron chi connectivity index (χ3n) is 4.02. The molecule has 2 aromatic rings. The lowest BCUT2D eigenvalue weighted by Crippen LogP contribution is -2.26. The van der Waals surface area contributed by atoms with E-state index < -0.39 is 23.2 Å². The van der Waals surface area contributed by atoms with Gasteiger partial charge in [0, 0.05) is 19.2 Å². The molecular weight excluding hydrogens is 314 g/mol. The maximum Gasteiger partial charge on any atom is 0.274 e. The number of nitrogens with one attached hydrogen (secondary N) is 1. The van der Waals surface area contributed by atoms with Gasteiger partial charge in [-0.25, -0.2) is 18.7 Å². The Kier molecular flexibility index (Phi) is 4.98. The van der Waals surface area contributed by atoms with E-state index in [1.165, 1.54) is 25.2 Å². The predicted octanol–water partition coefficient (Wildman–Crippen LogP) is 3.39. The lowest BCUT2D eigenvalue weighted by Gasteiger charge is -2.21. The number of amides is 1. The predicted molar refractivity (Wildman–Crippen MR) is 87.0 cm³/mol. The van der Waals surface area contributed by atoms with Crippen LogP contribution in [0.5, 0.6) is 0 Å². The standard InChI is InChI=1S/C17H18F2N4O/c18-12-6-5-7-13(19)16(12)22-17(24)14-10-15(21-11-20-14)23-8-3-1-2-4-9-23/h5-7,10-11H,1-4,8-9H2,(H,22,24). The lowest BCUT2D eigenvalue weighted by molar-refractivity contribution is 0.102. The summed E-state index contributed by atoms with van der Waals surface area (Å²) in [4.78, 5) is 22.5. The topological polar surface area (TPSA) is 58.1 Å². The summed E-state index contributed by atoms with van der Waals surface area (Å²) in [7, 11) is 0. The van der Waals surface area contributed by atoms with Gasteiger partial charge >= 0.3 is 0 Å². The fourth-order valence-corrected chi connectivity index (χ4v) is 2.74. The van der Waals surface area contributed by atoms with Crippen LogP contribution < -0.4 is 10.2 Å². The van der Waals surface area contributed by atoms with Gasteiger partial charge < -0.3 is 10.2 Å². The maximum atomic E-state index is 13.6. The summed E-state index contributed by atoms with van der Waals surface area (Å²) in [5, 5.41) is 2.24. The number of hydrogen-bond acceptors (Lipinski definition) is 4. The summed E-state index contributed by atoms with van der Waals surface area (Å²) in [5.41, 5.74) is -0.399. The van der Waals surface area contributed by atoms with E-state index in [0.29, 0.717) is 5.82 Å². The molecule has 1 saturated heterocycles. The van der Waals surface area contributed by atoms with E-state index >= 15 is 0 Å². The van der Waals surface area contributed by atoms with E-state index in [-0.39, 0.29) is 5.69 Å². The van der Waals surface area contributed by atoms with Crippen molar-refractivity contribution in [3.63, 3.8) is 0 Å². The van der Waals surface area contributed by atoms with Gasteiger partial charge in [0.05, 0.1) is 0 Å². The van der Waals surface area contributed by atoms with Crippen LogP contribution in [0.4, 0.5) is 20.3 Å². The molecule has 0 atom stereocenters. The highest BCUT2D eigenvalue weighted by Gasteiger charge is 2.17. The van der Waals surface area contributed by atoms with E-state index in [1.54, 1.807) is 6.07 Å². The van der Waals surface area contributed by atoms with Crippen molar-refractivity contribution in [1.29, 1.82) is 0 Å². The second kappa shape index (κ2) is 7.33. The first-order valence-electron chi connectivity index (χ1n) is 7.97. The van der Waals surface area contributed by atoms with Crippen molar-refractivity contribution in [2.45, 2.75) is 25.7 Å². The van der Waals surface area contributed by atoms with Gasteiger partial charge in [-0.3, -0.25) is 4.79 Å². The van der Waals surface area contributed by atoms with Crippen molar-refractivity contribution in [1.82, 2.24) is 9.97 Å². The molecule has 0 aliphatic carbocycles. The monoisotopic (exact) mass is 332 g/mol. The van der Waals surface area contributed by atoms with Gasteiger partial charge in [-0.2, -0.15) is 0 Å². The molecule has 1 fully saturated rings. The molecule has 0 unspecified atom stereocenters. The smallest absolute Gasteiger partial charge is 0.274 e. The number of para-hydroxylation sites is 1. The number of nitrogens with zero attached hydrogens (tertiary/aromatic N) is 3. The summed E-state index contributed by atoms with van der Waals surface area (Å²) >= 11 is 0. The molecule has 2 heterocycles. The molecule has 0 radical (unpaired) electrons. The summed E-state index contributed by atoms with van der Waals surface area (Å²) < 4.78 is 27.3. The molecule has 1 aromatic carbocycles. The van der Waals surface area contributed by atoms with Gasteiger partial charge in [0.25, 0.3) is 5.91 Å². The summed E-state index contributed by atoms with van der Waals surface area (Å²) in [6.45, 7) is 1.75. The third kappa shape index (κ3) is 3.67. The van der Waals surface area contributed by atoms with Crippen molar-refractivity contribution in [3.8, 4) is 0 Å². The van der Waals surface area contributed by atoms with Gasteiger partial charge in [0.2, 0.25) is 0 Å². The Morgan fingerprint density at radius 1 is 1.04 bits per heavy atom. The van der Waals surface area contributed by atoms with Crippen molar-refractivity contribution in [2.24, 2.45) is 0 Å². The fourth-order valence-electron chi connectivity index (χ4n) is 2.74. The van der Waals surface area contributed by atoms with Crippen LogP contribution >= 0.6 is 0 Å². The number of anilines is 2. The Morgan fingerprint density at radius 3 is 2.38 bits per heavy atom. The van der Waals surface area contributed by atoms with Crippen LogP contribution in [-0.2, 0) is 0 Å². The molecule has 3 rings (SSSR count). The first-order valence-corrected chi connectivity index (χ1v) is 7.97. The molecule has 0 spiro atoms.